The van der Waals surface area contributed by atoms with Gasteiger partial charge in [0.25, 0.3) is 0 Å². The van der Waals surface area contributed by atoms with Gasteiger partial charge in [-0.1, -0.05) is 6.07 Å². The topological polar surface area (TPSA) is 16.1 Å². The molecule has 0 saturated carbocycles. The van der Waals surface area contributed by atoms with E-state index in [1.807, 2.05) is 0 Å². The van der Waals surface area contributed by atoms with Crippen molar-refractivity contribution in [1.29, 1.82) is 0 Å². The predicted molar refractivity (Wildman–Crippen MR) is 60.9 cm³/mol. The van der Waals surface area contributed by atoms with E-state index >= 15 is 0 Å². The highest BCUT2D eigenvalue weighted by Crippen LogP contribution is 2.41. The Balaban J connectivity index is 1.95. The molecule has 2 aliphatic heterocycles. The highest BCUT2D eigenvalue weighted by molar-refractivity contribution is 5.27. The summed E-state index contributed by atoms with van der Waals surface area (Å²) in [6, 6.07) is 4.44. The molecular formula is C13H18N2. The van der Waals surface area contributed by atoms with Gasteiger partial charge >= 0.3 is 0 Å². The fraction of sp³-hybridized carbons (Fsp3) is 0.615. The van der Waals surface area contributed by atoms with Crippen LogP contribution in [0, 0.1) is 6.92 Å². The SMILES string of the molecule is Cc1ccc(C23CCCN(CC2)C3)cn1. The number of pyridine rings is 1. The first-order valence-electron chi connectivity index (χ1n) is 5.94. The molecule has 1 aromatic rings. The van der Waals surface area contributed by atoms with Crippen molar-refractivity contribution < 1.29 is 0 Å². The Labute approximate surface area is 91.3 Å². The largest absolute Gasteiger partial charge is 0.302 e. The molecule has 0 N–H and O–H groups in total. The third kappa shape index (κ3) is 1.48. The number of rotatable bonds is 1. The second-order valence-electron chi connectivity index (χ2n) is 5.10. The second-order valence-corrected chi connectivity index (χ2v) is 5.10. The molecule has 0 radical (unpaired) electrons. The van der Waals surface area contributed by atoms with E-state index in [1.54, 1.807) is 0 Å². The molecule has 3 rings (SSSR count). The summed E-state index contributed by atoms with van der Waals surface area (Å²) >= 11 is 0. The van der Waals surface area contributed by atoms with Crippen molar-refractivity contribution in [2.75, 3.05) is 19.6 Å². The first-order chi connectivity index (χ1) is 7.28. The Bertz CT molecular complexity index is 353. The minimum Gasteiger partial charge on any atom is -0.302 e. The molecule has 2 nitrogen and oxygen atoms in total. The lowest BCUT2D eigenvalue weighted by molar-refractivity contribution is 0.243. The van der Waals surface area contributed by atoms with Gasteiger partial charge in [0.05, 0.1) is 0 Å². The van der Waals surface area contributed by atoms with Crippen molar-refractivity contribution >= 4 is 0 Å². The molecule has 2 saturated heterocycles. The van der Waals surface area contributed by atoms with Crippen LogP contribution in [-0.2, 0) is 5.41 Å². The summed E-state index contributed by atoms with van der Waals surface area (Å²) in [6.07, 6.45) is 6.14. The van der Waals surface area contributed by atoms with E-state index in [2.05, 4.69) is 35.1 Å². The lowest BCUT2D eigenvalue weighted by Crippen LogP contribution is -2.36. The molecule has 2 heteroatoms. The second kappa shape index (κ2) is 3.31. The minimum absolute atomic E-state index is 0.443. The summed E-state index contributed by atoms with van der Waals surface area (Å²) in [4.78, 5) is 7.05. The number of nitrogens with zero attached hydrogens (tertiary/aromatic N) is 2. The van der Waals surface area contributed by atoms with E-state index < -0.39 is 0 Å². The Morgan fingerprint density at radius 2 is 2.20 bits per heavy atom. The average molecular weight is 202 g/mol. The highest BCUT2D eigenvalue weighted by atomic mass is 15.2. The van der Waals surface area contributed by atoms with Gasteiger partial charge in [-0.25, -0.2) is 0 Å². The summed E-state index contributed by atoms with van der Waals surface area (Å²) in [5.74, 6) is 0. The molecule has 2 aliphatic rings. The van der Waals surface area contributed by atoms with Crippen molar-refractivity contribution in [3.05, 3.63) is 29.6 Å². The van der Waals surface area contributed by atoms with Crippen LogP contribution in [-0.4, -0.2) is 29.5 Å². The van der Waals surface area contributed by atoms with Crippen LogP contribution >= 0.6 is 0 Å². The van der Waals surface area contributed by atoms with Crippen molar-refractivity contribution in [2.45, 2.75) is 31.6 Å². The van der Waals surface area contributed by atoms with Crippen molar-refractivity contribution in [3.63, 3.8) is 0 Å². The minimum atomic E-state index is 0.443. The Kier molecular flexibility index (Phi) is 2.06. The van der Waals surface area contributed by atoms with E-state index in [0.29, 0.717) is 5.41 Å². The van der Waals surface area contributed by atoms with Gasteiger partial charge in [0.2, 0.25) is 0 Å². The van der Waals surface area contributed by atoms with E-state index in [-0.39, 0.29) is 0 Å². The number of hydrogen-bond donors (Lipinski definition) is 0. The van der Waals surface area contributed by atoms with E-state index in [4.69, 9.17) is 0 Å². The van der Waals surface area contributed by atoms with Gasteiger partial charge in [0.1, 0.15) is 0 Å². The van der Waals surface area contributed by atoms with Crippen molar-refractivity contribution in [1.82, 2.24) is 9.88 Å². The third-order valence-electron chi connectivity index (χ3n) is 4.09. The Hall–Kier alpha value is -0.890. The van der Waals surface area contributed by atoms with Gasteiger partial charge in [-0.15, -0.1) is 0 Å². The van der Waals surface area contributed by atoms with E-state index in [9.17, 15) is 0 Å². The maximum Gasteiger partial charge on any atom is 0.0372 e. The summed E-state index contributed by atoms with van der Waals surface area (Å²) < 4.78 is 0. The van der Waals surface area contributed by atoms with Crippen molar-refractivity contribution in [2.24, 2.45) is 0 Å². The third-order valence-corrected chi connectivity index (χ3v) is 4.09. The van der Waals surface area contributed by atoms with Crippen LogP contribution in [0.2, 0.25) is 0 Å². The van der Waals surface area contributed by atoms with Gasteiger partial charge in [-0.2, -0.15) is 0 Å². The molecule has 3 heterocycles. The van der Waals surface area contributed by atoms with Gasteiger partial charge in [-0.05, 0) is 50.9 Å². The molecule has 2 atom stereocenters. The molecule has 2 unspecified atom stereocenters. The summed E-state index contributed by atoms with van der Waals surface area (Å²) in [5, 5.41) is 0. The quantitative estimate of drug-likeness (QED) is 0.693. The number of aromatic nitrogens is 1. The van der Waals surface area contributed by atoms with Gasteiger partial charge < -0.3 is 4.90 Å². The zero-order valence-electron chi connectivity index (χ0n) is 9.37. The fourth-order valence-electron chi connectivity index (χ4n) is 3.16. The van der Waals surface area contributed by atoms with E-state index in [1.165, 1.54) is 44.5 Å². The molecule has 0 amide bonds. The zero-order chi connectivity index (χ0) is 10.3. The molecule has 0 spiro atoms. The summed E-state index contributed by atoms with van der Waals surface area (Å²) in [7, 11) is 0. The number of aryl methyl sites for hydroxylation is 1. The number of hydrogen-bond acceptors (Lipinski definition) is 2. The molecular weight excluding hydrogens is 184 g/mol. The molecule has 2 fully saturated rings. The van der Waals surface area contributed by atoms with Crippen LogP contribution in [0.1, 0.15) is 30.5 Å². The van der Waals surface area contributed by atoms with Crippen LogP contribution in [0.25, 0.3) is 0 Å². The van der Waals surface area contributed by atoms with Gasteiger partial charge in [-0.3, -0.25) is 4.98 Å². The van der Waals surface area contributed by atoms with E-state index in [0.717, 1.165) is 5.69 Å². The zero-order valence-corrected chi connectivity index (χ0v) is 9.37. The molecule has 0 aromatic carbocycles. The van der Waals surface area contributed by atoms with Crippen LogP contribution in [0.3, 0.4) is 0 Å². The molecule has 2 bridgehead atoms. The average Bonchev–Trinajstić information content (AvgIpc) is 2.56. The lowest BCUT2D eigenvalue weighted by atomic mass is 9.75. The number of piperidine rings is 1. The standard InChI is InChI=1S/C13H18N2/c1-11-3-4-12(9-14-11)13-5-2-7-15(10-13)8-6-13/h3-4,9H,2,5-8,10H2,1H3. The lowest BCUT2D eigenvalue weighted by Gasteiger charge is -2.34. The fourth-order valence-corrected chi connectivity index (χ4v) is 3.16. The number of fused-ring (bicyclic) bond motifs is 2. The smallest absolute Gasteiger partial charge is 0.0372 e. The Morgan fingerprint density at radius 1 is 1.27 bits per heavy atom. The molecule has 1 aromatic heterocycles. The molecule has 15 heavy (non-hydrogen) atoms. The first kappa shape index (κ1) is 9.34. The highest BCUT2D eigenvalue weighted by Gasteiger charge is 2.42. The van der Waals surface area contributed by atoms with Crippen LogP contribution < -0.4 is 0 Å². The predicted octanol–water partition coefficient (Wildman–Crippen LogP) is 2.13. The van der Waals surface area contributed by atoms with Gasteiger partial charge in [0.15, 0.2) is 0 Å². The molecule has 80 valence electrons. The summed E-state index contributed by atoms with van der Waals surface area (Å²) in [5.41, 5.74) is 3.04. The van der Waals surface area contributed by atoms with Gasteiger partial charge in [0, 0.05) is 23.9 Å². The first-order valence-corrected chi connectivity index (χ1v) is 5.94. The van der Waals surface area contributed by atoms with Crippen LogP contribution in [0.4, 0.5) is 0 Å². The monoisotopic (exact) mass is 202 g/mol. The Morgan fingerprint density at radius 3 is 3.00 bits per heavy atom. The van der Waals surface area contributed by atoms with Crippen LogP contribution in [0.5, 0.6) is 0 Å². The van der Waals surface area contributed by atoms with Crippen molar-refractivity contribution in [3.8, 4) is 0 Å². The maximum atomic E-state index is 4.45. The van der Waals surface area contributed by atoms with Crippen LogP contribution in [0.15, 0.2) is 18.3 Å². The normalized spacial score (nSPS) is 34.3. The molecule has 0 aliphatic carbocycles. The summed E-state index contributed by atoms with van der Waals surface area (Å²) in [6.45, 7) is 5.91. The maximum absolute atomic E-state index is 4.45.